The molecule has 0 saturated carbocycles. The Kier molecular flexibility index (Phi) is 2.85. The molecule has 0 aromatic carbocycles. The molecule has 5 nitrogen and oxygen atoms in total. The van der Waals surface area contributed by atoms with Gasteiger partial charge in [0.25, 0.3) is 0 Å². The van der Waals surface area contributed by atoms with Crippen molar-refractivity contribution in [2.45, 2.75) is 26.8 Å². The summed E-state index contributed by atoms with van der Waals surface area (Å²) in [7, 11) is 0. The molecule has 1 aliphatic rings. The average molecular weight is 297 g/mol. The van der Waals surface area contributed by atoms with Crippen molar-refractivity contribution >= 4 is 28.3 Å². The molecule has 106 valence electrons. The van der Waals surface area contributed by atoms with Crippen LogP contribution in [0.1, 0.15) is 21.1 Å². The Morgan fingerprint density at radius 1 is 1.14 bits per heavy atom. The number of hydrogen-bond acceptors (Lipinski definition) is 6. The van der Waals surface area contributed by atoms with Gasteiger partial charge in [0.15, 0.2) is 5.65 Å². The number of pyridine rings is 1. The van der Waals surface area contributed by atoms with Gasteiger partial charge in [-0.2, -0.15) is 0 Å². The SMILES string of the molecule is Cc1nc2c(s1)CN(c1nc3nccnc3cc1C)CC2. The van der Waals surface area contributed by atoms with Gasteiger partial charge in [0.2, 0.25) is 0 Å². The largest absolute Gasteiger partial charge is 0.351 e. The van der Waals surface area contributed by atoms with Gasteiger partial charge in [-0.05, 0) is 25.5 Å². The molecular weight excluding hydrogens is 282 g/mol. The van der Waals surface area contributed by atoms with Crippen molar-refractivity contribution in [3.63, 3.8) is 0 Å². The maximum Gasteiger partial charge on any atom is 0.180 e. The van der Waals surface area contributed by atoms with Gasteiger partial charge in [0.1, 0.15) is 11.3 Å². The van der Waals surface area contributed by atoms with Crippen LogP contribution in [0, 0.1) is 13.8 Å². The van der Waals surface area contributed by atoms with Crippen LogP contribution in [-0.4, -0.2) is 26.5 Å². The summed E-state index contributed by atoms with van der Waals surface area (Å²) in [6, 6.07) is 2.07. The molecule has 3 aromatic rings. The van der Waals surface area contributed by atoms with Crippen LogP contribution in [0.2, 0.25) is 0 Å². The average Bonchev–Trinajstić information content (AvgIpc) is 2.85. The molecule has 0 unspecified atom stereocenters. The van der Waals surface area contributed by atoms with E-state index in [0.29, 0.717) is 5.65 Å². The summed E-state index contributed by atoms with van der Waals surface area (Å²) in [5.41, 5.74) is 3.97. The van der Waals surface area contributed by atoms with Gasteiger partial charge in [0, 0.05) is 30.2 Å². The van der Waals surface area contributed by atoms with E-state index in [1.54, 1.807) is 23.7 Å². The Morgan fingerprint density at radius 3 is 2.90 bits per heavy atom. The molecule has 0 amide bonds. The molecule has 0 fully saturated rings. The number of rotatable bonds is 1. The van der Waals surface area contributed by atoms with Crippen LogP contribution in [0.25, 0.3) is 11.2 Å². The lowest BCUT2D eigenvalue weighted by Gasteiger charge is -2.28. The molecule has 0 spiro atoms. The first kappa shape index (κ1) is 12.6. The Bertz CT molecular complexity index is 826. The number of aromatic nitrogens is 4. The summed E-state index contributed by atoms with van der Waals surface area (Å²) >= 11 is 1.79. The predicted molar refractivity (Wildman–Crippen MR) is 83.7 cm³/mol. The lowest BCUT2D eigenvalue weighted by atomic mass is 10.1. The minimum Gasteiger partial charge on any atom is -0.351 e. The van der Waals surface area contributed by atoms with E-state index in [2.05, 4.69) is 39.8 Å². The highest BCUT2D eigenvalue weighted by atomic mass is 32.1. The van der Waals surface area contributed by atoms with Crippen molar-refractivity contribution in [3.05, 3.63) is 39.6 Å². The van der Waals surface area contributed by atoms with Crippen molar-refractivity contribution in [1.29, 1.82) is 0 Å². The zero-order chi connectivity index (χ0) is 14.4. The molecule has 6 heteroatoms. The topological polar surface area (TPSA) is 54.8 Å². The van der Waals surface area contributed by atoms with E-state index >= 15 is 0 Å². The Balaban J connectivity index is 1.75. The fourth-order valence-corrected chi connectivity index (χ4v) is 3.81. The second-order valence-electron chi connectivity index (χ2n) is 5.30. The maximum atomic E-state index is 4.71. The Hall–Kier alpha value is -2.08. The van der Waals surface area contributed by atoms with Gasteiger partial charge in [-0.1, -0.05) is 0 Å². The summed E-state index contributed by atoms with van der Waals surface area (Å²) < 4.78 is 0. The molecule has 0 aliphatic carbocycles. The number of nitrogens with zero attached hydrogens (tertiary/aromatic N) is 5. The number of thiazole rings is 1. The molecule has 4 rings (SSSR count). The van der Waals surface area contributed by atoms with Crippen LogP contribution in [0.4, 0.5) is 5.82 Å². The van der Waals surface area contributed by atoms with Crippen LogP contribution >= 0.6 is 11.3 Å². The molecule has 0 N–H and O–H groups in total. The van der Waals surface area contributed by atoms with E-state index in [4.69, 9.17) is 4.98 Å². The summed E-state index contributed by atoms with van der Waals surface area (Å²) in [6.07, 6.45) is 4.38. The minimum atomic E-state index is 0.712. The maximum absolute atomic E-state index is 4.71. The van der Waals surface area contributed by atoms with Gasteiger partial charge in [-0.25, -0.2) is 15.0 Å². The lowest BCUT2D eigenvalue weighted by Crippen LogP contribution is -2.31. The molecule has 0 atom stereocenters. The first-order chi connectivity index (χ1) is 10.2. The van der Waals surface area contributed by atoms with Crippen molar-refractivity contribution in [2.75, 3.05) is 11.4 Å². The Labute approximate surface area is 126 Å². The molecule has 4 heterocycles. The van der Waals surface area contributed by atoms with Crippen LogP contribution in [0.15, 0.2) is 18.5 Å². The highest BCUT2D eigenvalue weighted by Crippen LogP contribution is 2.29. The van der Waals surface area contributed by atoms with Crippen molar-refractivity contribution in [3.8, 4) is 0 Å². The lowest BCUT2D eigenvalue weighted by molar-refractivity contribution is 0.716. The molecule has 3 aromatic heterocycles. The van der Waals surface area contributed by atoms with Crippen LogP contribution in [0.5, 0.6) is 0 Å². The number of fused-ring (bicyclic) bond motifs is 2. The predicted octanol–water partition coefficient (Wildman–Crippen LogP) is 2.66. The second-order valence-corrected chi connectivity index (χ2v) is 6.59. The van der Waals surface area contributed by atoms with Gasteiger partial charge in [-0.3, -0.25) is 4.98 Å². The van der Waals surface area contributed by atoms with Crippen molar-refractivity contribution in [2.24, 2.45) is 0 Å². The third-order valence-corrected chi connectivity index (χ3v) is 4.76. The minimum absolute atomic E-state index is 0.712. The van der Waals surface area contributed by atoms with Crippen molar-refractivity contribution in [1.82, 2.24) is 19.9 Å². The molecule has 1 aliphatic heterocycles. The quantitative estimate of drug-likeness (QED) is 0.691. The van der Waals surface area contributed by atoms with Gasteiger partial charge >= 0.3 is 0 Å². The number of aryl methyl sites for hydroxylation is 2. The first-order valence-corrected chi connectivity index (χ1v) is 7.81. The van der Waals surface area contributed by atoms with Crippen molar-refractivity contribution < 1.29 is 0 Å². The number of hydrogen-bond donors (Lipinski definition) is 0. The summed E-state index contributed by atoms with van der Waals surface area (Å²) in [4.78, 5) is 21.6. The normalized spacial score (nSPS) is 14.5. The molecule has 0 radical (unpaired) electrons. The highest BCUT2D eigenvalue weighted by molar-refractivity contribution is 7.11. The monoisotopic (exact) mass is 297 g/mol. The molecule has 21 heavy (non-hydrogen) atoms. The summed E-state index contributed by atoms with van der Waals surface area (Å²) in [5, 5.41) is 1.15. The zero-order valence-electron chi connectivity index (χ0n) is 12.0. The third kappa shape index (κ3) is 2.15. The smallest absolute Gasteiger partial charge is 0.180 e. The van der Waals surface area contributed by atoms with E-state index in [1.807, 2.05) is 0 Å². The first-order valence-electron chi connectivity index (χ1n) is 6.99. The van der Waals surface area contributed by atoms with Gasteiger partial charge < -0.3 is 4.90 Å². The fraction of sp³-hybridized carbons (Fsp3) is 0.333. The van der Waals surface area contributed by atoms with E-state index < -0.39 is 0 Å². The van der Waals surface area contributed by atoms with Gasteiger partial charge in [0.05, 0.1) is 17.2 Å². The summed E-state index contributed by atoms with van der Waals surface area (Å²) in [6.45, 7) is 6.00. The van der Waals surface area contributed by atoms with Crippen LogP contribution < -0.4 is 4.90 Å². The summed E-state index contributed by atoms with van der Waals surface area (Å²) in [5.74, 6) is 1.01. The third-order valence-electron chi connectivity index (χ3n) is 3.76. The molecule has 0 bridgehead atoms. The van der Waals surface area contributed by atoms with Crippen LogP contribution in [0.3, 0.4) is 0 Å². The molecular formula is C15H15N5S. The zero-order valence-corrected chi connectivity index (χ0v) is 12.8. The van der Waals surface area contributed by atoms with E-state index in [0.717, 1.165) is 41.4 Å². The standard InChI is InChI=1S/C15H15N5S/c1-9-7-12-14(17-5-4-16-12)19-15(9)20-6-3-11-13(8-20)21-10(2)18-11/h4-5,7H,3,6,8H2,1-2H3. The second kappa shape index (κ2) is 4.73. The van der Waals surface area contributed by atoms with E-state index in [-0.39, 0.29) is 0 Å². The fourth-order valence-electron chi connectivity index (χ4n) is 2.81. The highest BCUT2D eigenvalue weighted by Gasteiger charge is 2.22. The number of anilines is 1. The van der Waals surface area contributed by atoms with Crippen LogP contribution in [-0.2, 0) is 13.0 Å². The van der Waals surface area contributed by atoms with E-state index in [9.17, 15) is 0 Å². The van der Waals surface area contributed by atoms with Gasteiger partial charge in [-0.15, -0.1) is 11.3 Å². The molecule has 0 saturated heterocycles. The Morgan fingerprint density at radius 2 is 2.00 bits per heavy atom. The van der Waals surface area contributed by atoms with E-state index in [1.165, 1.54) is 10.6 Å².